The fourth-order valence-electron chi connectivity index (χ4n) is 6.11. The van der Waals surface area contributed by atoms with E-state index in [1.807, 2.05) is 51.4 Å². The van der Waals surface area contributed by atoms with Crippen molar-refractivity contribution in [3.63, 3.8) is 0 Å². The largest absolute Gasteiger partial charge is 0.469 e. The molecular weight excluding hydrogens is 703 g/mol. The van der Waals surface area contributed by atoms with Crippen LogP contribution >= 0.6 is 45.3 Å². The molecule has 3 nitrogen and oxygen atoms in total. The summed E-state index contributed by atoms with van der Waals surface area (Å²) >= 11 is 7.52. The number of benzene rings is 3. The van der Waals surface area contributed by atoms with E-state index in [4.69, 9.17) is 4.74 Å². The van der Waals surface area contributed by atoms with Gasteiger partial charge in [-0.15, -0.1) is 45.3 Å². The first kappa shape index (κ1) is 34.9. The molecule has 0 atom stereocenters. The number of carbonyl (C=O) groups excluding carboxylic acids is 1. The molecule has 0 bridgehead atoms. The highest BCUT2D eigenvalue weighted by Gasteiger charge is 2.17. The molecule has 0 amide bonds. The van der Waals surface area contributed by atoms with E-state index in [0.29, 0.717) is 12.8 Å². The zero-order valence-corrected chi connectivity index (χ0v) is 32.6. The SMILES string of the molecule is COC(=O)CCc1ccc(N(c2ccccc2)c2ccc(/C=C/c3sc(-c4sc(-c5cc(C)c(-c6cc(C)cs6)s5)cc4C)cc3C)cc2)cc1. The maximum absolute atomic E-state index is 11.6. The Bertz CT molecular complexity index is 2300. The molecule has 7 heteroatoms. The summed E-state index contributed by atoms with van der Waals surface area (Å²) in [7, 11) is 1.43. The average molecular weight is 742 g/mol. The van der Waals surface area contributed by atoms with E-state index in [1.165, 1.54) is 63.5 Å². The Labute approximate surface area is 316 Å². The van der Waals surface area contributed by atoms with E-state index < -0.39 is 0 Å². The molecule has 4 aromatic heterocycles. The van der Waals surface area contributed by atoms with Gasteiger partial charge < -0.3 is 9.64 Å². The minimum absolute atomic E-state index is 0.191. The van der Waals surface area contributed by atoms with Crippen molar-refractivity contribution in [2.45, 2.75) is 40.5 Å². The third-order valence-corrected chi connectivity index (χ3v) is 14.1. The van der Waals surface area contributed by atoms with E-state index in [1.54, 1.807) is 0 Å². The maximum atomic E-state index is 11.6. The standard InChI is InChI=1S/C44H39NO2S4/c1-28-23-40(48-27-28)43-30(3)25-38(50-43)39-26-31(4)44(51-39)41-24-29(2)37(49-41)21-15-32-11-17-35(18-12-32)45(34-9-7-6-8-10-34)36-19-13-33(14-20-36)16-22-42(46)47-5/h6-15,17-21,23-27H,16,22H2,1-5H3/b21-15+. The van der Waals surface area contributed by atoms with E-state index in [2.05, 4.69) is 147 Å². The van der Waals surface area contributed by atoms with Crippen LogP contribution in [0.15, 0.2) is 109 Å². The Morgan fingerprint density at radius 2 is 1.24 bits per heavy atom. The summed E-state index contributed by atoms with van der Waals surface area (Å²) in [6.45, 7) is 8.85. The number of esters is 1. The lowest BCUT2D eigenvalue weighted by atomic mass is 10.1. The number of hydrogen-bond acceptors (Lipinski definition) is 7. The normalized spacial score (nSPS) is 11.4. The van der Waals surface area contributed by atoms with Crippen LogP contribution in [0.1, 0.15) is 44.7 Å². The van der Waals surface area contributed by atoms with Crippen molar-refractivity contribution in [1.82, 2.24) is 0 Å². The van der Waals surface area contributed by atoms with E-state index in [9.17, 15) is 4.79 Å². The van der Waals surface area contributed by atoms with Crippen molar-refractivity contribution in [3.05, 3.63) is 147 Å². The second-order valence-electron chi connectivity index (χ2n) is 12.7. The lowest BCUT2D eigenvalue weighted by Crippen LogP contribution is -2.10. The van der Waals surface area contributed by atoms with Crippen LogP contribution in [0, 0.1) is 27.7 Å². The lowest BCUT2D eigenvalue weighted by molar-refractivity contribution is -0.140. The summed E-state index contributed by atoms with van der Waals surface area (Å²) in [6.07, 6.45) is 5.50. The van der Waals surface area contributed by atoms with E-state index in [0.717, 1.165) is 28.2 Å². The summed E-state index contributed by atoms with van der Waals surface area (Å²) in [4.78, 5) is 23.3. The summed E-state index contributed by atoms with van der Waals surface area (Å²) in [6, 6.07) is 36.9. The Hall–Kier alpha value is -4.53. The number of aryl methyl sites for hydroxylation is 5. The molecule has 0 aliphatic heterocycles. The fourth-order valence-corrected chi connectivity index (χ4v) is 10.9. The number of anilines is 3. The number of ether oxygens (including phenoxy) is 1. The molecule has 0 fully saturated rings. The minimum Gasteiger partial charge on any atom is -0.469 e. The zero-order chi connectivity index (χ0) is 35.5. The zero-order valence-electron chi connectivity index (χ0n) is 29.4. The first-order valence-electron chi connectivity index (χ1n) is 16.9. The molecule has 7 aromatic rings. The van der Waals surface area contributed by atoms with E-state index >= 15 is 0 Å². The van der Waals surface area contributed by atoms with Gasteiger partial charge in [-0.3, -0.25) is 4.79 Å². The highest BCUT2D eigenvalue weighted by atomic mass is 32.1. The fraction of sp³-hybridized carbons (Fsp3) is 0.159. The van der Waals surface area contributed by atoms with Crippen molar-refractivity contribution in [2.24, 2.45) is 0 Å². The van der Waals surface area contributed by atoms with Crippen LogP contribution in [-0.4, -0.2) is 13.1 Å². The molecule has 0 aliphatic rings. The Kier molecular flexibility index (Phi) is 10.5. The van der Waals surface area contributed by atoms with Crippen molar-refractivity contribution < 1.29 is 9.53 Å². The number of thiophene rings is 4. The molecule has 0 unspecified atom stereocenters. The van der Waals surface area contributed by atoms with Crippen LogP contribution in [0.25, 0.3) is 41.4 Å². The third-order valence-electron chi connectivity index (χ3n) is 8.85. The molecule has 7 rings (SSSR count). The van der Waals surface area contributed by atoms with Crippen molar-refractivity contribution in [2.75, 3.05) is 12.0 Å². The van der Waals surface area contributed by atoms with Crippen molar-refractivity contribution >= 4 is 80.5 Å². The number of rotatable bonds is 11. The molecule has 51 heavy (non-hydrogen) atoms. The van der Waals surface area contributed by atoms with Crippen molar-refractivity contribution in [3.8, 4) is 29.3 Å². The second kappa shape index (κ2) is 15.4. The summed E-state index contributed by atoms with van der Waals surface area (Å²) in [5, 5.41) is 2.24. The molecule has 256 valence electrons. The summed E-state index contributed by atoms with van der Waals surface area (Å²) < 4.78 is 4.81. The number of hydrogen-bond donors (Lipinski definition) is 0. The van der Waals surface area contributed by atoms with Gasteiger partial charge in [0.2, 0.25) is 0 Å². The van der Waals surface area contributed by atoms with Gasteiger partial charge in [-0.05, 0) is 140 Å². The highest BCUT2D eigenvalue weighted by molar-refractivity contribution is 7.28. The minimum atomic E-state index is -0.191. The number of nitrogens with zero attached hydrogens (tertiary/aromatic N) is 1. The molecule has 0 radical (unpaired) electrons. The lowest BCUT2D eigenvalue weighted by Gasteiger charge is -2.25. The van der Waals surface area contributed by atoms with Crippen LogP contribution in [0.3, 0.4) is 0 Å². The van der Waals surface area contributed by atoms with Crippen molar-refractivity contribution in [1.29, 1.82) is 0 Å². The molecule has 3 aromatic carbocycles. The first-order valence-corrected chi connectivity index (χ1v) is 20.3. The summed E-state index contributed by atoms with van der Waals surface area (Å²) in [5.74, 6) is -0.191. The van der Waals surface area contributed by atoms with Crippen LogP contribution in [0.2, 0.25) is 0 Å². The Balaban J connectivity index is 1.09. The van der Waals surface area contributed by atoms with E-state index in [-0.39, 0.29) is 5.97 Å². The van der Waals surface area contributed by atoms with Crippen LogP contribution < -0.4 is 4.90 Å². The van der Waals surface area contributed by atoms with Gasteiger partial charge in [-0.1, -0.05) is 48.5 Å². The van der Waals surface area contributed by atoms with Crippen LogP contribution in [0.4, 0.5) is 17.1 Å². The van der Waals surface area contributed by atoms with Gasteiger partial charge in [0.05, 0.1) is 7.11 Å². The molecule has 4 heterocycles. The number of para-hydroxylation sites is 1. The Morgan fingerprint density at radius 1 is 0.647 bits per heavy atom. The molecule has 0 spiro atoms. The van der Waals surface area contributed by atoms with Gasteiger partial charge in [0.1, 0.15) is 0 Å². The van der Waals surface area contributed by atoms with Gasteiger partial charge in [0.25, 0.3) is 0 Å². The van der Waals surface area contributed by atoms with Gasteiger partial charge >= 0.3 is 5.97 Å². The molecular formula is C44H39NO2S4. The molecule has 0 aliphatic carbocycles. The predicted octanol–water partition coefficient (Wildman–Crippen LogP) is 13.9. The number of methoxy groups -OCH3 is 1. The second-order valence-corrected chi connectivity index (χ2v) is 16.8. The van der Waals surface area contributed by atoms with Gasteiger partial charge in [-0.25, -0.2) is 0 Å². The molecule has 0 saturated carbocycles. The maximum Gasteiger partial charge on any atom is 0.305 e. The average Bonchev–Trinajstić information content (AvgIpc) is 3.94. The summed E-state index contributed by atoms with van der Waals surface area (Å²) in [5.41, 5.74) is 10.8. The third kappa shape index (κ3) is 7.87. The Morgan fingerprint density at radius 3 is 1.84 bits per heavy atom. The topological polar surface area (TPSA) is 29.5 Å². The number of carbonyl (C=O) groups is 1. The van der Waals surface area contributed by atoms with Gasteiger partial charge in [0, 0.05) is 57.6 Å². The first-order chi connectivity index (χ1) is 24.7. The van der Waals surface area contributed by atoms with Gasteiger partial charge in [-0.2, -0.15) is 0 Å². The quantitative estimate of drug-likeness (QED) is 0.124. The van der Waals surface area contributed by atoms with Crippen LogP contribution in [-0.2, 0) is 16.0 Å². The predicted molar refractivity (Wildman–Crippen MR) is 224 cm³/mol. The highest BCUT2D eigenvalue weighted by Crippen LogP contribution is 2.46. The monoisotopic (exact) mass is 741 g/mol. The van der Waals surface area contributed by atoms with Crippen LogP contribution in [0.5, 0.6) is 0 Å². The smallest absolute Gasteiger partial charge is 0.305 e. The van der Waals surface area contributed by atoms with Gasteiger partial charge in [0.15, 0.2) is 0 Å². The molecule has 0 N–H and O–H groups in total. The molecule has 0 saturated heterocycles.